The molecular formula is C16H28N4O3. The van der Waals surface area contributed by atoms with Crippen molar-refractivity contribution < 1.29 is 14.3 Å². The number of aryl methyl sites for hydroxylation is 1. The molecule has 1 aromatic rings. The van der Waals surface area contributed by atoms with Crippen LogP contribution in [0, 0.1) is 0 Å². The maximum absolute atomic E-state index is 12.3. The van der Waals surface area contributed by atoms with Gasteiger partial charge in [0.05, 0.1) is 12.1 Å². The van der Waals surface area contributed by atoms with Crippen LogP contribution >= 0.6 is 0 Å². The smallest absolute Gasteiger partial charge is 0.410 e. The molecule has 1 aromatic heterocycles. The summed E-state index contributed by atoms with van der Waals surface area (Å²) in [6.07, 6.45) is 4.07. The van der Waals surface area contributed by atoms with E-state index in [4.69, 9.17) is 9.47 Å². The van der Waals surface area contributed by atoms with Crippen LogP contribution in [-0.4, -0.2) is 50.0 Å². The lowest BCUT2D eigenvalue weighted by molar-refractivity contribution is -0.104. The van der Waals surface area contributed by atoms with Crippen molar-refractivity contribution in [2.75, 3.05) is 13.1 Å². The van der Waals surface area contributed by atoms with Gasteiger partial charge in [0.2, 0.25) is 0 Å². The third-order valence-electron chi connectivity index (χ3n) is 4.15. The predicted octanol–water partition coefficient (Wildman–Crippen LogP) is 2.51. The summed E-state index contributed by atoms with van der Waals surface area (Å²) in [4.78, 5) is 14.1. The van der Waals surface area contributed by atoms with Crippen LogP contribution in [0.1, 0.15) is 52.8 Å². The second-order valence-corrected chi connectivity index (χ2v) is 7.19. The first-order valence-electron chi connectivity index (χ1n) is 8.19. The molecule has 1 saturated heterocycles. The van der Waals surface area contributed by atoms with Gasteiger partial charge in [-0.1, -0.05) is 6.92 Å². The van der Waals surface area contributed by atoms with Crippen LogP contribution in [-0.2, 0) is 23.1 Å². The van der Waals surface area contributed by atoms with Crippen molar-refractivity contribution in [2.45, 2.75) is 64.8 Å². The number of piperidine rings is 1. The lowest BCUT2D eigenvalue weighted by Crippen LogP contribution is -2.52. The number of hydrogen-bond acceptors (Lipinski definition) is 5. The second-order valence-electron chi connectivity index (χ2n) is 7.19. The molecule has 2 rings (SSSR count). The number of nitrogens with zero attached hydrogens (tertiary/aromatic N) is 4. The van der Waals surface area contributed by atoms with Gasteiger partial charge in [-0.15, -0.1) is 10.2 Å². The molecule has 2 heterocycles. The number of ether oxygens (including phenoxy) is 2. The summed E-state index contributed by atoms with van der Waals surface area (Å²) in [5.41, 5.74) is -0.829. The molecule has 23 heavy (non-hydrogen) atoms. The molecule has 0 saturated carbocycles. The molecule has 1 amide bonds. The summed E-state index contributed by atoms with van der Waals surface area (Å²) in [5.74, 6) is 0.784. The van der Waals surface area contributed by atoms with Crippen molar-refractivity contribution in [1.29, 1.82) is 0 Å². The second kappa shape index (κ2) is 6.86. The molecule has 0 radical (unpaired) electrons. The number of carbonyl (C=O) groups excluding carboxylic acids is 1. The summed E-state index contributed by atoms with van der Waals surface area (Å²) in [6, 6.07) is 0. The molecular weight excluding hydrogens is 296 g/mol. The molecule has 0 spiro atoms. The Balaban J connectivity index is 2.00. The highest BCUT2D eigenvalue weighted by atomic mass is 16.6. The number of amides is 1. The molecule has 0 N–H and O–H groups in total. The molecule has 0 aromatic carbocycles. The van der Waals surface area contributed by atoms with Crippen molar-refractivity contribution >= 4 is 6.09 Å². The third kappa shape index (κ3) is 4.67. The van der Waals surface area contributed by atoms with Crippen LogP contribution in [0.3, 0.4) is 0 Å². The van der Waals surface area contributed by atoms with Gasteiger partial charge in [-0.2, -0.15) is 0 Å². The van der Waals surface area contributed by atoms with Gasteiger partial charge >= 0.3 is 6.09 Å². The van der Waals surface area contributed by atoms with Crippen LogP contribution < -0.4 is 0 Å². The first-order valence-corrected chi connectivity index (χ1v) is 8.19. The lowest BCUT2D eigenvalue weighted by Gasteiger charge is -2.42. The van der Waals surface area contributed by atoms with E-state index in [9.17, 15) is 4.79 Å². The van der Waals surface area contributed by atoms with Crippen molar-refractivity contribution in [2.24, 2.45) is 7.05 Å². The summed E-state index contributed by atoms with van der Waals surface area (Å²) in [5, 5.41) is 7.92. The Bertz CT molecular complexity index is 538. The van der Waals surface area contributed by atoms with Gasteiger partial charge in [-0.3, -0.25) is 0 Å². The number of aromatic nitrogens is 3. The molecule has 0 bridgehead atoms. The Morgan fingerprint density at radius 1 is 1.43 bits per heavy atom. The highest BCUT2D eigenvalue weighted by Crippen LogP contribution is 2.30. The quantitative estimate of drug-likeness (QED) is 0.851. The van der Waals surface area contributed by atoms with Gasteiger partial charge in [0.15, 0.2) is 5.82 Å². The fourth-order valence-electron chi connectivity index (χ4n) is 2.74. The Hall–Kier alpha value is -1.63. The van der Waals surface area contributed by atoms with Crippen LogP contribution in [0.15, 0.2) is 6.33 Å². The molecule has 0 aliphatic carbocycles. The van der Waals surface area contributed by atoms with E-state index < -0.39 is 5.60 Å². The highest BCUT2D eigenvalue weighted by Gasteiger charge is 2.38. The molecule has 130 valence electrons. The van der Waals surface area contributed by atoms with Crippen molar-refractivity contribution in [3.63, 3.8) is 0 Å². The van der Waals surface area contributed by atoms with Gasteiger partial charge < -0.3 is 18.9 Å². The molecule has 7 heteroatoms. The topological polar surface area (TPSA) is 69.5 Å². The van der Waals surface area contributed by atoms with Crippen LogP contribution in [0.25, 0.3) is 0 Å². The Morgan fingerprint density at radius 3 is 2.74 bits per heavy atom. The van der Waals surface area contributed by atoms with E-state index in [-0.39, 0.29) is 11.7 Å². The zero-order chi connectivity index (χ0) is 17.1. The molecule has 1 aliphatic heterocycles. The highest BCUT2D eigenvalue weighted by molar-refractivity contribution is 5.68. The number of likely N-dealkylation sites (tertiary alicyclic amines) is 1. The number of hydrogen-bond donors (Lipinski definition) is 0. The summed E-state index contributed by atoms with van der Waals surface area (Å²) >= 11 is 0. The van der Waals surface area contributed by atoms with Gasteiger partial charge in [0, 0.05) is 13.6 Å². The summed E-state index contributed by atoms with van der Waals surface area (Å²) in [6.45, 7) is 9.40. The van der Waals surface area contributed by atoms with E-state index in [1.54, 1.807) is 11.2 Å². The average Bonchev–Trinajstić information content (AvgIpc) is 2.89. The summed E-state index contributed by atoms with van der Waals surface area (Å²) < 4.78 is 13.5. The lowest BCUT2D eigenvalue weighted by atomic mass is 9.90. The van der Waals surface area contributed by atoms with Crippen LogP contribution in [0.2, 0.25) is 0 Å². The molecule has 1 unspecified atom stereocenters. The van der Waals surface area contributed by atoms with E-state index in [1.807, 2.05) is 32.4 Å². The van der Waals surface area contributed by atoms with Gasteiger partial charge in [-0.05, 0) is 40.0 Å². The van der Waals surface area contributed by atoms with E-state index >= 15 is 0 Å². The fraction of sp³-hybridized carbons (Fsp3) is 0.812. The zero-order valence-electron chi connectivity index (χ0n) is 14.8. The minimum atomic E-state index is -0.483. The Labute approximate surface area is 138 Å². The minimum absolute atomic E-state index is 0.266. The van der Waals surface area contributed by atoms with Crippen molar-refractivity contribution in [1.82, 2.24) is 19.7 Å². The maximum atomic E-state index is 12.3. The fourth-order valence-corrected chi connectivity index (χ4v) is 2.74. The van der Waals surface area contributed by atoms with E-state index in [1.165, 1.54) is 0 Å². The van der Waals surface area contributed by atoms with E-state index in [0.29, 0.717) is 19.7 Å². The normalized spacial score (nSPS) is 22.2. The molecule has 1 aliphatic rings. The third-order valence-corrected chi connectivity index (χ3v) is 4.15. The monoisotopic (exact) mass is 324 g/mol. The SMILES string of the molecule is CCC1(OCc2nncn2C)CCCN(C(=O)OC(C)(C)C)C1. The molecule has 1 atom stereocenters. The van der Waals surface area contributed by atoms with E-state index in [2.05, 4.69) is 17.1 Å². The standard InChI is InChI=1S/C16H28N4O3/c1-6-16(22-10-13-18-17-12-19(13)5)8-7-9-20(11-16)14(21)23-15(2,3)4/h12H,6-11H2,1-5H3. The first-order chi connectivity index (χ1) is 10.7. The largest absolute Gasteiger partial charge is 0.444 e. The van der Waals surface area contributed by atoms with Gasteiger partial charge in [-0.25, -0.2) is 4.79 Å². The average molecular weight is 324 g/mol. The zero-order valence-corrected chi connectivity index (χ0v) is 14.8. The van der Waals surface area contributed by atoms with Crippen LogP contribution in [0.4, 0.5) is 4.79 Å². The maximum Gasteiger partial charge on any atom is 0.410 e. The first kappa shape index (κ1) is 17.7. The van der Waals surface area contributed by atoms with Gasteiger partial charge in [0.1, 0.15) is 18.5 Å². The van der Waals surface area contributed by atoms with Crippen molar-refractivity contribution in [3.05, 3.63) is 12.2 Å². The van der Waals surface area contributed by atoms with Gasteiger partial charge in [0.25, 0.3) is 0 Å². The Morgan fingerprint density at radius 2 is 2.17 bits per heavy atom. The molecule has 7 nitrogen and oxygen atoms in total. The summed E-state index contributed by atoms with van der Waals surface area (Å²) in [7, 11) is 1.89. The number of carbonyl (C=O) groups is 1. The number of rotatable bonds is 4. The van der Waals surface area contributed by atoms with Crippen LogP contribution in [0.5, 0.6) is 0 Å². The Kier molecular flexibility index (Phi) is 5.29. The van der Waals surface area contributed by atoms with Crippen molar-refractivity contribution in [3.8, 4) is 0 Å². The predicted molar refractivity (Wildman–Crippen MR) is 85.9 cm³/mol. The van der Waals surface area contributed by atoms with E-state index in [0.717, 1.165) is 25.1 Å². The minimum Gasteiger partial charge on any atom is -0.444 e. The molecule has 1 fully saturated rings.